The van der Waals surface area contributed by atoms with Gasteiger partial charge in [0.05, 0.1) is 46.6 Å². The summed E-state index contributed by atoms with van der Waals surface area (Å²) in [5.74, 6) is 3.96. The number of aliphatic hydroxyl groups is 1. The second-order valence-electron chi connectivity index (χ2n) is 15.1. The molecule has 0 aliphatic heterocycles. The van der Waals surface area contributed by atoms with Gasteiger partial charge < -0.3 is 19.2 Å². The van der Waals surface area contributed by atoms with E-state index in [4.69, 9.17) is 13.8 Å². The summed E-state index contributed by atoms with van der Waals surface area (Å²) in [5.41, 5.74) is 0.395. The number of quaternary nitrogens is 1. The molecular formula is C31H59NO6P+. The lowest BCUT2D eigenvalue weighted by molar-refractivity contribution is -0.870. The van der Waals surface area contributed by atoms with Crippen LogP contribution in [0.5, 0.6) is 0 Å². The van der Waals surface area contributed by atoms with Crippen LogP contribution in [-0.4, -0.2) is 74.2 Å². The van der Waals surface area contributed by atoms with Gasteiger partial charge >= 0.3 is 7.82 Å². The Morgan fingerprint density at radius 3 is 2.38 bits per heavy atom. The second kappa shape index (κ2) is 12.3. The van der Waals surface area contributed by atoms with E-state index in [1.165, 1.54) is 38.5 Å². The first-order valence-electron chi connectivity index (χ1n) is 15.9. The molecule has 1 unspecified atom stereocenters. The molecule has 0 spiro atoms. The van der Waals surface area contributed by atoms with Crippen molar-refractivity contribution in [3.8, 4) is 0 Å². The number of hydrogen-bond acceptors (Lipinski definition) is 5. The highest BCUT2D eigenvalue weighted by atomic mass is 31.2. The third-order valence-corrected chi connectivity index (χ3v) is 12.9. The molecule has 0 aromatic rings. The molecule has 8 heteroatoms. The number of nitrogens with zero attached hydrogens (tertiary/aromatic N) is 1. The molecule has 0 amide bonds. The minimum atomic E-state index is -4.10. The molecule has 4 rings (SSSR count). The summed E-state index contributed by atoms with van der Waals surface area (Å²) in [7, 11) is 1.96. The summed E-state index contributed by atoms with van der Waals surface area (Å²) in [6.45, 7) is 11.0. The molecule has 7 nitrogen and oxygen atoms in total. The fourth-order valence-corrected chi connectivity index (χ4v) is 10.5. The van der Waals surface area contributed by atoms with Gasteiger partial charge in [0.1, 0.15) is 13.2 Å². The molecule has 0 saturated heterocycles. The normalized spacial score (nSPS) is 42.7. The summed E-state index contributed by atoms with van der Waals surface area (Å²) in [6.07, 6.45) is 11.6. The Kier molecular flexibility index (Phi) is 10.1. The zero-order valence-electron chi connectivity index (χ0n) is 25.9. The molecule has 0 aromatic heterocycles. The topological polar surface area (TPSA) is 85.2 Å². The third kappa shape index (κ3) is 6.81. The summed E-state index contributed by atoms with van der Waals surface area (Å²) < 4.78 is 30.4. The molecule has 4 aliphatic rings. The van der Waals surface area contributed by atoms with E-state index in [-0.39, 0.29) is 36.3 Å². The molecule has 39 heavy (non-hydrogen) atoms. The van der Waals surface area contributed by atoms with Crippen LogP contribution in [0.3, 0.4) is 0 Å². The van der Waals surface area contributed by atoms with Crippen LogP contribution < -0.4 is 0 Å². The lowest BCUT2D eigenvalue weighted by Gasteiger charge is -2.63. The Morgan fingerprint density at radius 1 is 0.974 bits per heavy atom. The molecule has 0 aromatic carbocycles. The molecule has 4 saturated carbocycles. The van der Waals surface area contributed by atoms with Crippen molar-refractivity contribution in [1.82, 2.24) is 0 Å². The summed E-state index contributed by atoms with van der Waals surface area (Å²) in [4.78, 5) is 10.2. The lowest BCUT2D eigenvalue weighted by Crippen LogP contribution is -2.59. The minimum Gasteiger partial charge on any atom is -0.393 e. The first-order valence-corrected chi connectivity index (χ1v) is 17.4. The van der Waals surface area contributed by atoms with E-state index in [1.807, 2.05) is 21.1 Å². The van der Waals surface area contributed by atoms with Crippen LogP contribution in [0.2, 0.25) is 0 Å². The lowest BCUT2D eigenvalue weighted by atomic mass is 9.43. The summed E-state index contributed by atoms with van der Waals surface area (Å²) in [5, 5.41) is 10.5. The molecule has 11 atom stereocenters. The Bertz CT molecular complexity index is 865. The highest BCUT2D eigenvalue weighted by molar-refractivity contribution is 7.47. The van der Waals surface area contributed by atoms with Gasteiger partial charge in [-0.15, -0.1) is 0 Å². The van der Waals surface area contributed by atoms with Gasteiger partial charge in [-0.1, -0.05) is 40.5 Å². The van der Waals surface area contributed by atoms with E-state index in [1.54, 1.807) is 0 Å². The van der Waals surface area contributed by atoms with Crippen molar-refractivity contribution in [2.24, 2.45) is 46.3 Å². The van der Waals surface area contributed by atoms with Gasteiger partial charge in [-0.3, -0.25) is 9.05 Å². The highest BCUT2D eigenvalue weighted by Gasteiger charge is 2.64. The van der Waals surface area contributed by atoms with Crippen molar-refractivity contribution in [2.75, 3.05) is 47.5 Å². The first-order chi connectivity index (χ1) is 18.2. The van der Waals surface area contributed by atoms with Crippen LogP contribution in [0, 0.1) is 46.3 Å². The first kappa shape index (κ1) is 31.9. The number of phosphoric acid groups is 1. The number of phosphoric ester groups is 1. The van der Waals surface area contributed by atoms with Crippen molar-refractivity contribution < 1.29 is 32.8 Å². The van der Waals surface area contributed by atoms with E-state index in [9.17, 15) is 14.6 Å². The Hall–Kier alpha value is -0.0100. The number of hydrogen-bond donors (Lipinski definition) is 2. The van der Waals surface area contributed by atoms with E-state index < -0.39 is 7.82 Å². The maximum Gasteiger partial charge on any atom is 0.472 e. The summed E-state index contributed by atoms with van der Waals surface area (Å²) in [6, 6.07) is 0. The van der Waals surface area contributed by atoms with Crippen molar-refractivity contribution in [3.63, 3.8) is 0 Å². The minimum absolute atomic E-state index is 0.0603. The quantitative estimate of drug-likeness (QED) is 0.163. The number of rotatable bonds is 12. The molecule has 0 radical (unpaired) electrons. The van der Waals surface area contributed by atoms with Gasteiger partial charge in [0.25, 0.3) is 0 Å². The predicted octanol–water partition coefficient (Wildman–Crippen LogP) is 6.28. The van der Waals surface area contributed by atoms with Gasteiger partial charge in [0.15, 0.2) is 0 Å². The van der Waals surface area contributed by atoms with Gasteiger partial charge in [-0.05, 0) is 97.7 Å². The second-order valence-corrected chi connectivity index (χ2v) is 16.6. The molecule has 4 aliphatic carbocycles. The average molecular weight is 573 g/mol. The number of ether oxygens (including phenoxy) is 1. The highest BCUT2D eigenvalue weighted by Crippen LogP contribution is 2.69. The van der Waals surface area contributed by atoms with Crippen molar-refractivity contribution in [2.45, 2.75) is 104 Å². The fourth-order valence-electron chi connectivity index (χ4n) is 9.85. The van der Waals surface area contributed by atoms with Crippen LogP contribution in [-0.2, 0) is 18.3 Å². The molecule has 0 bridgehead atoms. The van der Waals surface area contributed by atoms with Gasteiger partial charge in [0.2, 0.25) is 0 Å². The van der Waals surface area contributed by atoms with Crippen molar-refractivity contribution in [1.29, 1.82) is 0 Å². The van der Waals surface area contributed by atoms with Crippen LogP contribution in [0.1, 0.15) is 91.9 Å². The van der Waals surface area contributed by atoms with Crippen LogP contribution in [0.4, 0.5) is 0 Å². The number of likely N-dealkylation sites (N-methyl/N-ethyl adjacent to an activating group) is 1. The molecule has 0 heterocycles. The standard InChI is InChI=1S/C31H58NO6P/c1-8-9-22(2)26-12-13-27-25-11-10-23-20-24(33)14-15-30(23,3)28(25)21-29(31(26,27)4)36-18-19-38-39(34,35)37-17-16-32(5,6)7/h22-29,33H,8-21H2,1-7H3/p+1/t22-,23-,24-,25+,26-,27+,28+,29+,30+,31-/m1/s1. The third-order valence-electron chi connectivity index (χ3n) is 11.9. The monoisotopic (exact) mass is 572 g/mol. The molecule has 2 N–H and O–H groups in total. The van der Waals surface area contributed by atoms with Crippen molar-refractivity contribution >= 4 is 7.82 Å². The SMILES string of the molecule is CCC[C@@H](C)[C@H]1CC[C@H]2[C@@H]3CC[C@@H]4C[C@H](O)CC[C@]4(C)[C@H]3C[C@H](OCCOP(=O)(O)OCC[N+](C)(C)C)[C@]12C. The molecular weight excluding hydrogens is 513 g/mol. The Labute approximate surface area is 238 Å². The maximum atomic E-state index is 12.5. The van der Waals surface area contributed by atoms with Gasteiger partial charge in [-0.25, -0.2) is 4.57 Å². The maximum absolute atomic E-state index is 12.5. The van der Waals surface area contributed by atoms with E-state index >= 15 is 0 Å². The molecule has 4 fully saturated rings. The molecule has 228 valence electrons. The Morgan fingerprint density at radius 2 is 1.69 bits per heavy atom. The Balaban J connectivity index is 1.47. The van der Waals surface area contributed by atoms with Crippen molar-refractivity contribution in [3.05, 3.63) is 0 Å². The number of aliphatic hydroxyl groups excluding tert-OH is 1. The largest absolute Gasteiger partial charge is 0.472 e. The van der Waals surface area contributed by atoms with E-state index in [0.717, 1.165) is 31.6 Å². The van der Waals surface area contributed by atoms with Gasteiger partial charge in [-0.2, -0.15) is 0 Å². The summed E-state index contributed by atoms with van der Waals surface area (Å²) >= 11 is 0. The smallest absolute Gasteiger partial charge is 0.393 e. The van der Waals surface area contributed by atoms with E-state index in [0.29, 0.717) is 47.2 Å². The zero-order chi connectivity index (χ0) is 28.6. The average Bonchev–Trinajstić information content (AvgIpc) is 3.20. The van der Waals surface area contributed by atoms with Crippen LogP contribution in [0.25, 0.3) is 0 Å². The van der Waals surface area contributed by atoms with Gasteiger partial charge in [0, 0.05) is 0 Å². The van der Waals surface area contributed by atoms with Crippen LogP contribution in [0.15, 0.2) is 0 Å². The zero-order valence-corrected chi connectivity index (χ0v) is 26.8. The predicted molar refractivity (Wildman–Crippen MR) is 155 cm³/mol. The van der Waals surface area contributed by atoms with Crippen LogP contribution >= 0.6 is 7.82 Å². The fraction of sp³-hybridized carbons (Fsp3) is 1.00. The number of fused-ring (bicyclic) bond motifs is 5. The van der Waals surface area contributed by atoms with E-state index in [2.05, 4.69) is 27.7 Å².